The number of hydrogen-bond acceptors (Lipinski definition) is 0. The minimum absolute atomic E-state index is 0.457. The first-order chi connectivity index (χ1) is 8.43. The molecule has 0 atom stereocenters. The molecule has 0 aromatic rings. The lowest BCUT2D eigenvalue weighted by Crippen LogP contribution is -2.79. The molecular weight excluding hydrogens is 220 g/mol. The molecule has 0 spiro atoms. The number of hydrogen-bond donors (Lipinski definition) is 0. The second-order valence-corrected chi connectivity index (χ2v) is 7.78. The van der Waals surface area contributed by atoms with Crippen LogP contribution in [0.15, 0.2) is 0 Å². The Morgan fingerprint density at radius 2 is 1.33 bits per heavy atom. The maximum atomic E-state index is 2.44. The number of nitrogens with zero attached hydrogens (tertiary/aromatic N) is 2. The number of rotatable bonds is 5. The van der Waals surface area contributed by atoms with Crippen molar-refractivity contribution in [1.82, 2.24) is 0 Å². The predicted molar refractivity (Wildman–Crippen MR) is 78.5 cm³/mol. The van der Waals surface area contributed by atoms with Gasteiger partial charge in [-0.3, -0.25) is 0 Å². The maximum absolute atomic E-state index is 2.44. The van der Waals surface area contributed by atoms with E-state index < -0.39 is 0 Å². The van der Waals surface area contributed by atoms with Crippen LogP contribution in [0, 0.1) is 0 Å². The van der Waals surface area contributed by atoms with Gasteiger partial charge in [-0.25, -0.2) is 0 Å². The summed E-state index contributed by atoms with van der Waals surface area (Å²) in [5.74, 6) is 0. The standard InChI is InChI=1S/C16H34N2/c1-5-6-7-8-9-17-10-13-18(14-11-17,15-12-17)16(2,3)4/h5-15H2,1-4H3/q+2. The fourth-order valence-electron chi connectivity index (χ4n) is 4.10. The van der Waals surface area contributed by atoms with Gasteiger partial charge in [-0.1, -0.05) is 19.8 Å². The van der Waals surface area contributed by atoms with E-state index in [1.165, 1.54) is 80.5 Å². The van der Waals surface area contributed by atoms with Gasteiger partial charge in [0.15, 0.2) is 0 Å². The Hall–Kier alpha value is -0.0800. The predicted octanol–water partition coefficient (Wildman–Crippen LogP) is 3.03. The molecule has 106 valence electrons. The van der Waals surface area contributed by atoms with Crippen LogP contribution in [0.3, 0.4) is 0 Å². The van der Waals surface area contributed by atoms with Gasteiger partial charge in [0.1, 0.15) is 39.3 Å². The fraction of sp³-hybridized carbons (Fsp3) is 1.00. The molecule has 0 unspecified atom stereocenters. The second kappa shape index (κ2) is 5.13. The molecule has 0 aliphatic carbocycles. The third kappa shape index (κ3) is 2.60. The monoisotopic (exact) mass is 254 g/mol. The lowest BCUT2D eigenvalue weighted by molar-refractivity contribution is -1.10. The Labute approximate surface area is 114 Å². The molecule has 0 saturated carbocycles. The van der Waals surface area contributed by atoms with Crippen molar-refractivity contribution in [2.75, 3.05) is 45.8 Å². The Morgan fingerprint density at radius 1 is 0.778 bits per heavy atom. The van der Waals surface area contributed by atoms with Crippen molar-refractivity contribution in [3.05, 3.63) is 0 Å². The van der Waals surface area contributed by atoms with Crippen LogP contribution in [0.5, 0.6) is 0 Å². The number of quaternary nitrogens is 2. The van der Waals surface area contributed by atoms with Crippen LogP contribution >= 0.6 is 0 Å². The summed E-state index contributed by atoms with van der Waals surface area (Å²) in [4.78, 5) is 0. The van der Waals surface area contributed by atoms with Crippen molar-refractivity contribution in [2.45, 2.75) is 58.9 Å². The first-order valence-electron chi connectivity index (χ1n) is 8.14. The van der Waals surface area contributed by atoms with E-state index in [9.17, 15) is 0 Å². The fourth-order valence-corrected chi connectivity index (χ4v) is 4.10. The number of fused-ring (bicyclic) bond motifs is 3. The molecule has 3 aliphatic rings. The van der Waals surface area contributed by atoms with Crippen LogP contribution in [0.1, 0.15) is 53.4 Å². The number of piperazine rings is 3. The zero-order valence-corrected chi connectivity index (χ0v) is 13.2. The first-order valence-corrected chi connectivity index (χ1v) is 8.14. The molecule has 0 aromatic carbocycles. The van der Waals surface area contributed by atoms with Crippen molar-refractivity contribution in [3.8, 4) is 0 Å². The summed E-state index contributed by atoms with van der Waals surface area (Å²) in [6, 6.07) is 0. The molecule has 0 amide bonds. The van der Waals surface area contributed by atoms with Gasteiger partial charge >= 0.3 is 0 Å². The Kier molecular flexibility index (Phi) is 4.08. The highest BCUT2D eigenvalue weighted by molar-refractivity contribution is 4.71. The van der Waals surface area contributed by atoms with Gasteiger partial charge in [-0.2, -0.15) is 0 Å². The molecule has 2 heteroatoms. The topological polar surface area (TPSA) is 0 Å². The molecule has 2 nitrogen and oxygen atoms in total. The quantitative estimate of drug-likeness (QED) is 0.522. The van der Waals surface area contributed by atoms with Crippen LogP contribution in [0.2, 0.25) is 0 Å². The van der Waals surface area contributed by atoms with Crippen LogP contribution in [-0.2, 0) is 0 Å². The van der Waals surface area contributed by atoms with Crippen molar-refractivity contribution >= 4 is 0 Å². The molecule has 3 aliphatic heterocycles. The van der Waals surface area contributed by atoms with E-state index in [-0.39, 0.29) is 0 Å². The molecule has 3 heterocycles. The Balaban J connectivity index is 1.87. The minimum atomic E-state index is 0.457. The molecule has 3 fully saturated rings. The van der Waals surface area contributed by atoms with Gasteiger partial charge in [-0.15, -0.1) is 0 Å². The zero-order valence-electron chi connectivity index (χ0n) is 13.2. The average molecular weight is 254 g/mol. The van der Waals surface area contributed by atoms with Gasteiger partial charge in [0, 0.05) is 0 Å². The van der Waals surface area contributed by atoms with Crippen LogP contribution in [0.4, 0.5) is 0 Å². The van der Waals surface area contributed by atoms with Gasteiger partial charge in [0.25, 0.3) is 0 Å². The maximum Gasteiger partial charge on any atom is 0.129 e. The summed E-state index contributed by atoms with van der Waals surface area (Å²) in [6.45, 7) is 19.7. The Bertz CT molecular complexity index is 253. The van der Waals surface area contributed by atoms with Crippen molar-refractivity contribution < 1.29 is 8.97 Å². The smallest absolute Gasteiger partial charge is 0.129 e. The summed E-state index contributed by atoms with van der Waals surface area (Å²) in [7, 11) is 0. The van der Waals surface area contributed by atoms with E-state index in [1.54, 1.807) is 0 Å². The molecule has 3 rings (SSSR count). The minimum Gasteiger partial charge on any atom is -0.310 e. The summed E-state index contributed by atoms with van der Waals surface area (Å²) in [5.41, 5.74) is 0.457. The lowest BCUT2D eigenvalue weighted by atomic mass is 9.94. The summed E-state index contributed by atoms with van der Waals surface area (Å²) < 4.78 is 2.85. The summed E-state index contributed by atoms with van der Waals surface area (Å²) in [5, 5.41) is 0. The number of unbranched alkanes of at least 4 members (excludes halogenated alkanes) is 3. The molecular formula is C16H34N2+2. The highest BCUT2D eigenvalue weighted by Gasteiger charge is 2.53. The van der Waals surface area contributed by atoms with Gasteiger partial charge in [0.05, 0.1) is 12.1 Å². The average Bonchev–Trinajstić information content (AvgIpc) is 2.36. The van der Waals surface area contributed by atoms with E-state index in [1.807, 2.05) is 0 Å². The van der Waals surface area contributed by atoms with Crippen molar-refractivity contribution in [3.63, 3.8) is 0 Å². The zero-order chi connectivity index (χ0) is 13.3. The van der Waals surface area contributed by atoms with E-state index in [0.29, 0.717) is 5.54 Å². The van der Waals surface area contributed by atoms with Gasteiger partial charge < -0.3 is 8.97 Å². The van der Waals surface area contributed by atoms with E-state index in [2.05, 4.69) is 27.7 Å². The third-order valence-corrected chi connectivity index (χ3v) is 5.92. The van der Waals surface area contributed by atoms with E-state index in [4.69, 9.17) is 0 Å². The van der Waals surface area contributed by atoms with Crippen LogP contribution < -0.4 is 0 Å². The first kappa shape index (κ1) is 14.3. The summed E-state index contributed by atoms with van der Waals surface area (Å²) >= 11 is 0. The molecule has 0 aromatic heterocycles. The lowest BCUT2D eigenvalue weighted by Gasteiger charge is -2.60. The Morgan fingerprint density at radius 3 is 1.78 bits per heavy atom. The molecule has 0 N–H and O–H groups in total. The van der Waals surface area contributed by atoms with Crippen molar-refractivity contribution in [1.29, 1.82) is 0 Å². The molecule has 18 heavy (non-hydrogen) atoms. The molecule has 2 bridgehead atoms. The van der Waals surface area contributed by atoms with Crippen molar-refractivity contribution in [2.24, 2.45) is 0 Å². The highest BCUT2D eigenvalue weighted by Crippen LogP contribution is 2.34. The van der Waals surface area contributed by atoms with E-state index >= 15 is 0 Å². The third-order valence-electron chi connectivity index (χ3n) is 5.92. The van der Waals surface area contributed by atoms with Crippen LogP contribution in [0.25, 0.3) is 0 Å². The highest BCUT2D eigenvalue weighted by atomic mass is 15.5. The summed E-state index contributed by atoms with van der Waals surface area (Å²) in [6.07, 6.45) is 5.71. The second-order valence-electron chi connectivity index (χ2n) is 7.78. The largest absolute Gasteiger partial charge is 0.310 e. The SMILES string of the molecule is CCCCCC[N+]12CC[N+](C(C)(C)C)(CC1)CC2. The normalized spacial score (nSPS) is 36.0. The molecule has 3 saturated heterocycles. The van der Waals surface area contributed by atoms with E-state index in [0.717, 1.165) is 0 Å². The van der Waals surface area contributed by atoms with Crippen LogP contribution in [-0.4, -0.2) is 60.3 Å². The van der Waals surface area contributed by atoms with Gasteiger partial charge in [0.2, 0.25) is 0 Å². The van der Waals surface area contributed by atoms with Gasteiger partial charge in [-0.05, 0) is 33.6 Å². The molecule has 0 radical (unpaired) electrons.